The number of hydrogen-bond donors (Lipinski definition) is 1. The Morgan fingerprint density at radius 2 is 1.79 bits per heavy atom. The zero-order valence-corrected chi connectivity index (χ0v) is 17.7. The largest absolute Gasteiger partial charge is 0.458 e. The van der Waals surface area contributed by atoms with Gasteiger partial charge in [0.15, 0.2) is 5.78 Å². The Balaban J connectivity index is 1.52. The lowest BCUT2D eigenvalue weighted by molar-refractivity contribution is 0.0167. The van der Waals surface area contributed by atoms with Crippen LogP contribution in [0, 0.1) is 12.8 Å². The predicted molar refractivity (Wildman–Crippen MR) is 114 cm³/mol. The molecule has 0 bridgehead atoms. The monoisotopic (exact) mass is 393 g/mol. The van der Waals surface area contributed by atoms with Gasteiger partial charge < -0.3 is 9.72 Å². The molecule has 2 aliphatic carbocycles. The highest BCUT2D eigenvalue weighted by Gasteiger charge is 2.33. The quantitative estimate of drug-likeness (QED) is 0.695. The molecule has 0 saturated heterocycles. The highest BCUT2D eigenvalue weighted by atomic mass is 16.5. The molecule has 154 valence electrons. The summed E-state index contributed by atoms with van der Waals surface area (Å²) >= 11 is 0. The fourth-order valence-electron chi connectivity index (χ4n) is 4.86. The van der Waals surface area contributed by atoms with E-state index in [0.29, 0.717) is 23.6 Å². The van der Waals surface area contributed by atoms with Crippen LogP contribution in [0.1, 0.15) is 95.1 Å². The lowest BCUT2D eigenvalue weighted by Gasteiger charge is -2.25. The molecule has 2 aromatic rings. The summed E-state index contributed by atoms with van der Waals surface area (Å²) in [6.45, 7) is 6.25. The van der Waals surface area contributed by atoms with E-state index in [9.17, 15) is 9.59 Å². The first-order valence-corrected chi connectivity index (χ1v) is 11.0. The molecule has 0 aliphatic heterocycles. The number of ketones is 1. The molecule has 0 radical (unpaired) electrons. The molecule has 1 atom stereocenters. The lowest BCUT2D eigenvalue weighted by atomic mass is 9.81. The van der Waals surface area contributed by atoms with Crippen LogP contribution >= 0.6 is 0 Å². The van der Waals surface area contributed by atoms with Crippen LogP contribution in [0.5, 0.6) is 0 Å². The summed E-state index contributed by atoms with van der Waals surface area (Å²) in [6, 6.07) is 8.56. The van der Waals surface area contributed by atoms with Crippen LogP contribution in [0.4, 0.5) is 0 Å². The zero-order chi connectivity index (χ0) is 20.5. The van der Waals surface area contributed by atoms with E-state index in [1.54, 1.807) is 0 Å². The minimum absolute atomic E-state index is 0.000965. The van der Waals surface area contributed by atoms with Crippen LogP contribution in [-0.4, -0.2) is 22.8 Å². The minimum Gasteiger partial charge on any atom is -0.458 e. The Hall–Kier alpha value is -2.36. The molecule has 1 aromatic heterocycles. The van der Waals surface area contributed by atoms with Crippen LogP contribution in [0.3, 0.4) is 0 Å². The van der Waals surface area contributed by atoms with Crippen molar-refractivity contribution >= 4 is 11.8 Å². The molecular weight excluding hydrogens is 362 g/mol. The number of aryl methyl sites for hydroxylation is 1. The third-order valence-electron chi connectivity index (χ3n) is 6.79. The van der Waals surface area contributed by atoms with Gasteiger partial charge in [-0.1, -0.05) is 38.1 Å². The highest BCUT2D eigenvalue weighted by molar-refractivity contribution is 6.03. The standard InChI is InChI=1S/C25H31NO3/c1-4-17-7-9-18(10-8-17)19-13-21-23(22(27)14-19)16(3)24(26-21)25(28)29-20-11-5-15(2)6-12-20/h7-10,15,19-20,26H,4-6,11-14H2,1-3H3/t15?,19-,20?/m0/s1. The summed E-state index contributed by atoms with van der Waals surface area (Å²) in [5.74, 6) is 0.677. The van der Waals surface area contributed by atoms with Gasteiger partial charge in [-0.05, 0) is 74.0 Å². The first-order valence-electron chi connectivity index (χ1n) is 11.0. The maximum absolute atomic E-state index is 12.9. The maximum Gasteiger partial charge on any atom is 0.355 e. The number of H-pyrrole nitrogens is 1. The smallest absolute Gasteiger partial charge is 0.355 e. The fourth-order valence-corrected chi connectivity index (χ4v) is 4.86. The number of benzene rings is 1. The molecule has 29 heavy (non-hydrogen) atoms. The summed E-state index contributed by atoms with van der Waals surface area (Å²) in [6.07, 6.45) is 6.33. The van der Waals surface area contributed by atoms with Gasteiger partial charge in [0.2, 0.25) is 0 Å². The normalized spacial score (nSPS) is 24.2. The predicted octanol–water partition coefficient (Wildman–Crippen LogP) is 5.53. The topological polar surface area (TPSA) is 59.2 Å². The Kier molecular flexibility index (Phi) is 5.62. The van der Waals surface area contributed by atoms with Crippen molar-refractivity contribution in [3.05, 3.63) is 57.9 Å². The van der Waals surface area contributed by atoms with Gasteiger partial charge in [0.25, 0.3) is 0 Å². The third kappa shape index (κ3) is 4.03. The minimum atomic E-state index is -0.312. The van der Waals surface area contributed by atoms with Gasteiger partial charge in [0, 0.05) is 17.7 Å². The van der Waals surface area contributed by atoms with E-state index >= 15 is 0 Å². The first-order chi connectivity index (χ1) is 14.0. The molecular formula is C25H31NO3. The first kappa shape index (κ1) is 19.9. The van der Waals surface area contributed by atoms with E-state index in [1.807, 2.05) is 6.92 Å². The number of aromatic nitrogens is 1. The Bertz CT molecular complexity index is 901. The molecule has 4 rings (SSSR count). The van der Waals surface area contributed by atoms with Crippen molar-refractivity contribution in [1.29, 1.82) is 0 Å². The Morgan fingerprint density at radius 1 is 1.10 bits per heavy atom. The average molecular weight is 394 g/mol. The Morgan fingerprint density at radius 3 is 2.45 bits per heavy atom. The molecule has 1 N–H and O–H groups in total. The summed E-state index contributed by atoms with van der Waals surface area (Å²) in [5, 5.41) is 0. The van der Waals surface area contributed by atoms with Crippen LogP contribution < -0.4 is 0 Å². The van der Waals surface area contributed by atoms with Crippen molar-refractivity contribution < 1.29 is 14.3 Å². The number of esters is 1. The second kappa shape index (κ2) is 8.17. The molecule has 0 spiro atoms. The van der Waals surface area contributed by atoms with E-state index in [0.717, 1.165) is 49.8 Å². The van der Waals surface area contributed by atoms with Crippen molar-refractivity contribution in [2.45, 2.75) is 77.7 Å². The van der Waals surface area contributed by atoms with E-state index in [4.69, 9.17) is 4.74 Å². The van der Waals surface area contributed by atoms with Gasteiger partial charge in [-0.3, -0.25) is 4.79 Å². The summed E-state index contributed by atoms with van der Waals surface area (Å²) in [5.41, 5.74) is 5.29. The maximum atomic E-state index is 12.9. The lowest BCUT2D eigenvalue weighted by Crippen LogP contribution is -2.24. The molecule has 4 heteroatoms. The fraction of sp³-hybridized carbons (Fsp3) is 0.520. The molecule has 1 aromatic carbocycles. The molecule has 0 unspecified atom stereocenters. The molecule has 1 fully saturated rings. The van der Waals surface area contributed by atoms with Crippen molar-refractivity contribution in [3.63, 3.8) is 0 Å². The van der Waals surface area contributed by atoms with Gasteiger partial charge >= 0.3 is 5.97 Å². The molecule has 2 aliphatic rings. The molecule has 1 heterocycles. The number of carbonyl (C=O) groups is 2. The number of carbonyl (C=O) groups excluding carboxylic acids is 2. The number of nitrogens with one attached hydrogen (secondary N) is 1. The van der Waals surface area contributed by atoms with Gasteiger partial charge in [0.05, 0.1) is 0 Å². The van der Waals surface area contributed by atoms with Gasteiger partial charge in [-0.25, -0.2) is 4.79 Å². The Labute approximate surface area is 173 Å². The molecule has 0 amide bonds. The molecule has 4 nitrogen and oxygen atoms in total. The van der Waals surface area contributed by atoms with Crippen LogP contribution in [0.2, 0.25) is 0 Å². The number of ether oxygens (including phenoxy) is 1. The second-order valence-corrected chi connectivity index (χ2v) is 8.89. The number of hydrogen-bond acceptors (Lipinski definition) is 3. The van der Waals surface area contributed by atoms with Crippen LogP contribution in [-0.2, 0) is 17.6 Å². The number of rotatable bonds is 4. The van der Waals surface area contributed by atoms with Gasteiger partial charge in [-0.2, -0.15) is 0 Å². The van der Waals surface area contributed by atoms with Crippen molar-refractivity contribution in [1.82, 2.24) is 4.98 Å². The van der Waals surface area contributed by atoms with E-state index in [-0.39, 0.29) is 23.8 Å². The van der Waals surface area contributed by atoms with Gasteiger partial charge in [0.1, 0.15) is 11.8 Å². The van der Waals surface area contributed by atoms with Crippen LogP contribution in [0.15, 0.2) is 24.3 Å². The van der Waals surface area contributed by atoms with Crippen molar-refractivity contribution in [3.8, 4) is 0 Å². The number of aromatic amines is 1. The average Bonchev–Trinajstić information content (AvgIpc) is 3.07. The van der Waals surface area contributed by atoms with E-state index in [1.165, 1.54) is 11.1 Å². The zero-order valence-electron chi connectivity index (χ0n) is 17.7. The second-order valence-electron chi connectivity index (χ2n) is 8.89. The number of fused-ring (bicyclic) bond motifs is 1. The molecule has 1 saturated carbocycles. The van der Waals surface area contributed by atoms with Gasteiger partial charge in [-0.15, -0.1) is 0 Å². The van der Waals surface area contributed by atoms with E-state index in [2.05, 4.69) is 43.1 Å². The van der Waals surface area contributed by atoms with Crippen molar-refractivity contribution in [2.75, 3.05) is 0 Å². The summed E-state index contributed by atoms with van der Waals surface area (Å²) in [7, 11) is 0. The van der Waals surface area contributed by atoms with Crippen LogP contribution in [0.25, 0.3) is 0 Å². The summed E-state index contributed by atoms with van der Waals surface area (Å²) < 4.78 is 5.78. The van der Waals surface area contributed by atoms with E-state index < -0.39 is 0 Å². The highest BCUT2D eigenvalue weighted by Crippen LogP contribution is 2.35. The van der Waals surface area contributed by atoms with Crippen molar-refractivity contribution in [2.24, 2.45) is 5.92 Å². The SMILES string of the molecule is CCc1ccc([C@@H]2CC(=O)c3c([nH]c(C(=O)OC4CCC(C)CC4)c3C)C2)cc1. The number of Topliss-reactive ketones (excluding diaryl/α,β-unsaturated/α-hetero) is 1. The summed E-state index contributed by atoms with van der Waals surface area (Å²) in [4.78, 5) is 29.0. The third-order valence-corrected chi connectivity index (χ3v) is 6.79.